The Bertz CT molecular complexity index is 792. The third-order valence-electron chi connectivity index (χ3n) is 3.41. The number of benzene rings is 2. The highest BCUT2D eigenvalue weighted by molar-refractivity contribution is 7.18. The van der Waals surface area contributed by atoms with Crippen molar-refractivity contribution in [3.05, 3.63) is 65.5 Å². The number of hydrogen-bond donors (Lipinski definition) is 1. The van der Waals surface area contributed by atoms with Crippen LogP contribution in [0.2, 0.25) is 0 Å². The van der Waals surface area contributed by atoms with Crippen LogP contribution in [-0.2, 0) is 4.74 Å². The second kappa shape index (κ2) is 6.03. The van der Waals surface area contributed by atoms with Gasteiger partial charge in [-0.3, -0.25) is 0 Å². The molecule has 3 nitrogen and oxygen atoms in total. The highest BCUT2D eigenvalue weighted by Gasteiger charge is 2.15. The smallest absolute Gasteiger partial charge is 0.350 e. The summed E-state index contributed by atoms with van der Waals surface area (Å²) >= 11 is 1.35. The van der Waals surface area contributed by atoms with E-state index in [0.29, 0.717) is 10.6 Å². The molecule has 3 aromatic rings. The molecule has 2 N–H and O–H groups in total. The van der Waals surface area contributed by atoms with Crippen molar-refractivity contribution < 1.29 is 9.53 Å². The summed E-state index contributed by atoms with van der Waals surface area (Å²) < 4.78 is 4.73. The van der Waals surface area contributed by atoms with E-state index in [0.717, 1.165) is 16.0 Å². The minimum absolute atomic E-state index is 0.394. The number of thiophene rings is 1. The molecular formula is C18H15NO2S. The highest BCUT2D eigenvalue weighted by atomic mass is 32.1. The summed E-state index contributed by atoms with van der Waals surface area (Å²) in [5, 5.41) is 0. The molecule has 0 aliphatic heterocycles. The first-order chi connectivity index (χ1) is 10.7. The second-order valence-electron chi connectivity index (χ2n) is 4.83. The number of anilines is 1. The molecule has 0 atom stereocenters. The number of ether oxygens (including phenoxy) is 1. The predicted molar refractivity (Wildman–Crippen MR) is 90.9 cm³/mol. The van der Waals surface area contributed by atoms with Crippen LogP contribution in [0.25, 0.3) is 21.6 Å². The zero-order valence-corrected chi connectivity index (χ0v) is 12.9. The van der Waals surface area contributed by atoms with Crippen molar-refractivity contribution in [2.75, 3.05) is 12.8 Å². The Hall–Kier alpha value is -2.59. The van der Waals surface area contributed by atoms with E-state index in [4.69, 9.17) is 10.5 Å². The quantitative estimate of drug-likeness (QED) is 0.727. The number of carbonyl (C=O) groups is 1. The van der Waals surface area contributed by atoms with Crippen molar-refractivity contribution in [2.45, 2.75) is 0 Å². The Morgan fingerprint density at radius 1 is 0.955 bits per heavy atom. The monoisotopic (exact) mass is 309 g/mol. The summed E-state index contributed by atoms with van der Waals surface area (Å²) in [5.74, 6) is -0.394. The van der Waals surface area contributed by atoms with Gasteiger partial charge in [-0.1, -0.05) is 54.6 Å². The number of carbonyl (C=O) groups excluding carboxylic acids is 1. The Balaban J connectivity index is 1.92. The number of nitrogen functional groups attached to an aromatic ring is 1. The van der Waals surface area contributed by atoms with Gasteiger partial charge in [0.1, 0.15) is 4.88 Å². The van der Waals surface area contributed by atoms with Gasteiger partial charge in [-0.2, -0.15) is 0 Å². The van der Waals surface area contributed by atoms with Crippen LogP contribution in [0, 0.1) is 0 Å². The largest absolute Gasteiger partial charge is 0.465 e. The molecular weight excluding hydrogens is 294 g/mol. The van der Waals surface area contributed by atoms with Gasteiger partial charge >= 0.3 is 5.97 Å². The molecule has 1 aromatic heterocycles. The Kier molecular flexibility index (Phi) is 3.94. The first-order valence-electron chi connectivity index (χ1n) is 6.82. The molecule has 22 heavy (non-hydrogen) atoms. The molecule has 0 spiro atoms. The van der Waals surface area contributed by atoms with E-state index >= 15 is 0 Å². The van der Waals surface area contributed by atoms with Gasteiger partial charge in [0.25, 0.3) is 0 Å². The van der Waals surface area contributed by atoms with Crippen LogP contribution in [0.5, 0.6) is 0 Å². The molecule has 110 valence electrons. The SMILES string of the molecule is COC(=O)c1sc(-c2ccc(-c3ccccc3)cc2)cc1N. The zero-order chi connectivity index (χ0) is 15.5. The summed E-state index contributed by atoms with van der Waals surface area (Å²) in [6.45, 7) is 0. The second-order valence-corrected chi connectivity index (χ2v) is 5.88. The van der Waals surface area contributed by atoms with Gasteiger partial charge in [-0.25, -0.2) is 4.79 Å². The standard InChI is InChI=1S/C18H15NO2S/c1-21-18(20)17-15(19)11-16(22-17)14-9-7-13(8-10-14)12-5-3-2-4-6-12/h2-11H,19H2,1H3. The van der Waals surface area contributed by atoms with Crippen LogP contribution in [0.1, 0.15) is 9.67 Å². The Labute approximate surface area is 133 Å². The van der Waals surface area contributed by atoms with Crippen molar-refractivity contribution >= 4 is 23.0 Å². The fourth-order valence-corrected chi connectivity index (χ4v) is 3.26. The molecule has 3 rings (SSSR count). The van der Waals surface area contributed by atoms with Crippen molar-refractivity contribution in [3.8, 4) is 21.6 Å². The van der Waals surface area contributed by atoms with Gasteiger partial charge in [0.15, 0.2) is 0 Å². The van der Waals surface area contributed by atoms with Gasteiger partial charge in [0, 0.05) is 4.88 Å². The summed E-state index contributed by atoms with van der Waals surface area (Å²) in [5.41, 5.74) is 9.71. The third kappa shape index (κ3) is 2.73. The molecule has 0 aliphatic carbocycles. The molecule has 0 fully saturated rings. The summed E-state index contributed by atoms with van der Waals surface area (Å²) in [6.07, 6.45) is 0. The van der Waals surface area contributed by atoms with Crippen LogP contribution in [0.3, 0.4) is 0 Å². The topological polar surface area (TPSA) is 52.3 Å². The first kappa shape index (κ1) is 14.4. The maximum absolute atomic E-state index is 11.6. The van der Waals surface area contributed by atoms with Gasteiger partial charge < -0.3 is 10.5 Å². The van der Waals surface area contributed by atoms with Crippen LogP contribution in [0.4, 0.5) is 5.69 Å². The van der Waals surface area contributed by atoms with Crippen LogP contribution < -0.4 is 5.73 Å². The molecule has 0 bridgehead atoms. The lowest BCUT2D eigenvalue weighted by molar-refractivity contribution is 0.0607. The molecule has 0 aliphatic rings. The molecule has 0 radical (unpaired) electrons. The number of rotatable bonds is 3. The maximum atomic E-state index is 11.6. The lowest BCUT2D eigenvalue weighted by Crippen LogP contribution is -2.00. The fraction of sp³-hybridized carbons (Fsp3) is 0.0556. The van der Waals surface area contributed by atoms with E-state index in [1.807, 2.05) is 36.4 Å². The number of nitrogens with two attached hydrogens (primary N) is 1. The van der Waals surface area contributed by atoms with Gasteiger partial charge in [-0.05, 0) is 22.8 Å². The average Bonchev–Trinajstić information content (AvgIpc) is 2.97. The van der Waals surface area contributed by atoms with E-state index in [1.165, 1.54) is 24.0 Å². The summed E-state index contributed by atoms with van der Waals surface area (Å²) in [6, 6.07) is 20.2. The van der Waals surface area contributed by atoms with Crippen LogP contribution >= 0.6 is 11.3 Å². The van der Waals surface area contributed by atoms with E-state index < -0.39 is 5.97 Å². The van der Waals surface area contributed by atoms with E-state index in [9.17, 15) is 4.79 Å². The number of methoxy groups -OCH3 is 1. The normalized spacial score (nSPS) is 10.4. The molecule has 0 amide bonds. The molecule has 4 heteroatoms. The molecule has 2 aromatic carbocycles. The van der Waals surface area contributed by atoms with E-state index in [2.05, 4.69) is 24.3 Å². The van der Waals surface area contributed by atoms with E-state index in [-0.39, 0.29) is 0 Å². The van der Waals surface area contributed by atoms with Gasteiger partial charge in [0.05, 0.1) is 12.8 Å². The van der Waals surface area contributed by atoms with Crippen molar-refractivity contribution in [1.29, 1.82) is 0 Å². The predicted octanol–water partition coefficient (Wildman–Crippen LogP) is 4.45. The van der Waals surface area contributed by atoms with E-state index in [1.54, 1.807) is 0 Å². The minimum Gasteiger partial charge on any atom is -0.465 e. The number of esters is 1. The lowest BCUT2D eigenvalue weighted by atomic mass is 10.0. The average molecular weight is 309 g/mol. The summed E-state index contributed by atoms with van der Waals surface area (Å²) in [7, 11) is 1.36. The third-order valence-corrected chi connectivity index (χ3v) is 4.59. The Morgan fingerprint density at radius 3 is 2.18 bits per heavy atom. The molecule has 0 saturated heterocycles. The maximum Gasteiger partial charge on any atom is 0.350 e. The lowest BCUT2D eigenvalue weighted by Gasteiger charge is -2.03. The zero-order valence-electron chi connectivity index (χ0n) is 12.1. The number of hydrogen-bond acceptors (Lipinski definition) is 4. The Morgan fingerprint density at radius 2 is 1.55 bits per heavy atom. The molecule has 0 saturated carbocycles. The van der Waals surface area contributed by atoms with Gasteiger partial charge in [-0.15, -0.1) is 11.3 Å². The van der Waals surface area contributed by atoms with Crippen LogP contribution in [-0.4, -0.2) is 13.1 Å². The van der Waals surface area contributed by atoms with Crippen LogP contribution in [0.15, 0.2) is 60.7 Å². The van der Waals surface area contributed by atoms with Crippen molar-refractivity contribution in [1.82, 2.24) is 0 Å². The highest BCUT2D eigenvalue weighted by Crippen LogP contribution is 2.34. The molecule has 0 unspecified atom stereocenters. The molecule has 1 heterocycles. The van der Waals surface area contributed by atoms with Crippen molar-refractivity contribution in [2.24, 2.45) is 0 Å². The minimum atomic E-state index is -0.394. The fourth-order valence-electron chi connectivity index (χ4n) is 2.26. The summed E-state index contributed by atoms with van der Waals surface area (Å²) in [4.78, 5) is 13.0. The van der Waals surface area contributed by atoms with Crippen molar-refractivity contribution in [3.63, 3.8) is 0 Å². The first-order valence-corrected chi connectivity index (χ1v) is 7.64. The van der Waals surface area contributed by atoms with Gasteiger partial charge in [0.2, 0.25) is 0 Å².